The largest absolute Gasteiger partial charge is 0.460 e. The van der Waals surface area contributed by atoms with Crippen molar-refractivity contribution >= 4 is 17.9 Å². The third-order valence-corrected chi connectivity index (χ3v) is 3.74. The van der Waals surface area contributed by atoms with Gasteiger partial charge in [0.15, 0.2) is 6.10 Å². The van der Waals surface area contributed by atoms with E-state index in [1.807, 2.05) is 0 Å². The molecule has 122 valence electrons. The Morgan fingerprint density at radius 3 is 2.50 bits per heavy atom. The molecule has 0 spiro atoms. The van der Waals surface area contributed by atoms with Crippen LogP contribution in [0.2, 0.25) is 0 Å². The van der Waals surface area contributed by atoms with Gasteiger partial charge in [0.25, 0.3) is 0 Å². The Morgan fingerprint density at radius 1 is 1.32 bits per heavy atom. The van der Waals surface area contributed by atoms with Crippen molar-refractivity contribution < 1.29 is 28.6 Å². The summed E-state index contributed by atoms with van der Waals surface area (Å²) in [6, 6.07) is 0. The molecule has 0 aromatic carbocycles. The van der Waals surface area contributed by atoms with Crippen molar-refractivity contribution in [3.63, 3.8) is 0 Å². The Labute approximate surface area is 129 Å². The summed E-state index contributed by atoms with van der Waals surface area (Å²) in [5.41, 5.74) is -0.355. The molecule has 0 aromatic rings. The third-order valence-electron chi connectivity index (χ3n) is 3.74. The van der Waals surface area contributed by atoms with Crippen LogP contribution in [-0.2, 0) is 28.6 Å². The molecular weight excluding hydrogens is 288 g/mol. The molecule has 6 nitrogen and oxygen atoms in total. The van der Waals surface area contributed by atoms with E-state index >= 15 is 0 Å². The number of ether oxygens (including phenoxy) is 3. The molecule has 2 aliphatic rings. The van der Waals surface area contributed by atoms with Crippen LogP contribution in [0.4, 0.5) is 0 Å². The molecule has 0 amide bonds. The summed E-state index contributed by atoms with van der Waals surface area (Å²) in [6.07, 6.45) is -0.826. The van der Waals surface area contributed by atoms with Crippen LogP contribution in [0.1, 0.15) is 40.5 Å². The first-order valence-corrected chi connectivity index (χ1v) is 7.37. The lowest BCUT2D eigenvalue weighted by molar-refractivity contribution is -0.183. The highest BCUT2D eigenvalue weighted by Crippen LogP contribution is 2.43. The molecule has 4 atom stereocenters. The average molecular weight is 310 g/mol. The van der Waals surface area contributed by atoms with Gasteiger partial charge in [-0.25, -0.2) is 4.79 Å². The topological polar surface area (TPSA) is 78.9 Å². The quantitative estimate of drug-likeness (QED) is 0.449. The lowest BCUT2D eigenvalue weighted by Crippen LogP contribution is -2.44. The molecular formula is C16H22O6. The van der Waals surface area contributed by atoms with Gasteiger partial charge in [-0.1, -0.05) is 6.58 Å². The maximum absolute atomic E-state index is 12.3. The molecule has 1 saturated carbocycles. The van der Waals surface area contributed by atoms with Crippen molar-refractivity contribution in [3.8, 4) is 0 Å². The van der Waals surface area contributed by atoms with Gasteiger partial charge in [-0.15, -0.1) is 0 Å². The number of hydrogen-bond acceptors (Lipinski definition) is 6. The van der Waals surface area contributed by atoms with Gasteiger partial charge in [0.1, 0.15) is 11.7 Å². The molecule has 1 saturated heterocycles. The number of rotatable bonds is 3. The van der Waals surface area contributed by atoms with E-state index in [-0.39, 0.29) is 23.9 Å². The normalized spacial score (nSPS) is 30.5. The second-order valence-corrected chi connectivity index (χ2v) is 6.94. The summed E-state index contributed by atoms with van der Waals surface area (Å²) >= 11 is 0. The third kappa shape index (κ3) is 3.48. The van der Waals surface area contributed by atoms with Crippen LogP contribution in [0.15, 0.2) is 12.2 Å². The predicted octanol–water partition coefficient (Wildman–Crippen LogP) is 1.77. The predicted molar refractivity (Wildman–Crippen MR) is 76.6 cm³/mol. The molecule has 6 heteroatoms. The van der Waals surface area contributed by atoms with Gasteiger partial charge in [-0.05, 0) is 34.1 Å². The van der Waals surface area contributed by atoms with Crippen LogP contribution in [0.3, 0.4) is 0 Å². The molecule has 22 heavy (non-hydrogen) atoms. The minimum atomic E-state index is -0.774. The zero-order valence-corrected chi connectivity index (χ0v) is 13.4. The van der Waals surface area contributed by atoms with E-state index in [9.17, 15) is 14.4 Å². The summed E-state index contributed by atoms with van der Waals surface area (Å²) in [4.78, 5) is 35.7. The summed E-state index contributed by atoms with van der Waals surface area (Å²) in [5, 5.41) is 0. The van der Waals surface area contributed by atoms with Gasteiger partial charge >= 0.3 is 17.9 Å². The molecule has 0 N–H and O–H groups in total. The minimum Gasteiger partial charge on any atom is -0.460 e. The Kier molecular flexibility index (Phi) is 4.31. The van der Waals surface area contributed by atoms with Crippen LogP contribution >= 0.6 is 0 Å². The second-order valence-electron chi connectivity index (χ2n) is 6.94. The van der Waals surface area contributed by atoms with Crippen LogP contribution < -0.4 is 0 Å². The van der Waals surface area contributed by atoms with E-state index in [1.54, 1.807) is 27.7 Å². The molecule has 2 rings (SSSR count). The monoisotopic (exact) mass is 310 g/mol. The second kappa shape index (κ2) is 5.74. The van der Waals surface area contributed by atoms with Crippen molar-refractivity contribution in [3.05, 3.63) is 12.2 Å². The molecule has 0 radical (unpaired) electrons. The van der Waals surface area contributed by atoms with Crippen LogP contribution in [0.25, 0.3) is 0 Å². The van der Waals surface area contributed by atoms with E-state index in [4.69, 9.17) is 14.2 Å². The van der Waals surface area contributed by atoms with Crippen molar-refractivity contribution in [1.29, 1.82) is 0 Å². The number of fused-ring (bicyclic) bond motifs is 2. The smallest absolute Gasteiger partial charge is 0.333 e. The lowest BCUT2D eigenvalue weighted by atomic mass is 9.99. The molecule has 1 heterocycles. The summed E-state index contributed by atoms with van der Waals surface area (Å²) in [6.45, 7) is 10.4. The van der Waals surface area contributed by atoms with Crippen molar-refractivity contribution in [1.82, 2.24) is 0 Å². The lowest BCUT2D eigenvalue weighted by Gasteiger charge is -2.30. The molecule has 1 aliphatic carbocycles. The maximum atomic E-state index is 12.3. The van der Waals surface area contributed by atoms with Crippen molar-refractivity contribution in [2.45, 2.75) is 58.3 Å². The van der Waals surface area contributed by atoms with Crippen molar-refractivity contribution in [2.24, 2.45) is 11.8 Å². The fourth-order valence-electron chi connectivity index (χ4n) is 2.85. The average Bonchev–Trinajstić information content (AvgIpc) is 2.56. The minimum absolute atomic E-state index is 0.143. The molecule has 4 unspecified atom stereocenters. The Balaban J connectivity index is 2.15. The Hall–Kier alpha value is -1.85. The highest BCUT2D eigenvalue weighted by atomic mass is 16.6. The Bertz CT molecular complexity index is 515. The number of carbonyl (C=O) groups is 3. The van der Waals surface area contributed by atoms with Crippen molar-refractivity contribution in [2.75, 3.05) is 0 Å². The van der Waals surface area contributed by atoms with Gasteiger partial charge in [0.05, 0.1) is 12.3 Å². The van der Waals surface area contributed by atoms with E-state index in [1.165, 1.54) is 0 Å². The first-order chi connectivity index (χ1) is 10.1. The first kappa shape index (κ1) is 16.5. The number of esters is 3. The highest BCUT2D eigenvalue weighted by molar-refractivity contribution is 5.87. The van der Waals surface area contributed by atoms with Gasteiger partial charge in [-0.2, -0.15) is 0 Å². The molecule has 2 fully saturated rings. The molecule has 2 bridgehead atoms. The number of hydrogen-bond donors (Lipinski definition) is 0. The van der Waals surface area contributed by atoms with Gasteiger partial charge in [-0.3, -0.25) is 9.59 Å². The standard InChI is InChI=1S/C16H22O6/c1-8(2)14(18)21-12-9-6-10(13(12)20-11(17)7-9)15(19)22-16(3,4)5/h9-10,12-13H,1,6-7H2,2-5H3. The van der Waals surface area contributed by atoms with Gasteiger partial charge in [0, 0.05) is 11.5 Å². The van der Waals surface area contributed by atoms with Crippen LogP contribution in [0.5, 0.6) is 0 Å². The molecule has 1 aliphatic heterocycles. The van der Waals surface area contributed by atoms with Crippen LogP contribution in [0, 0.1) is 11.8 Å². The fraction of sp³-hybridized carbons (Fsp3) is 0.688. The first-order valence-electron chi connectivity index (χ1n) is 7.37. The summed E-state index contributed by atoms with van der Waals surface area (Å²) in [7, 11) is 0. The maximum Gasteiger partial charge on any atom is 0.333 e. The Morgan fingerprint density at radius 2 is 1.95 bits per heavy atom. The summed E-state index contributed by atoms with van der Waals surface area (Å²) in [5.74, 6) is -2.15. The van der Waals surface area contributed by atoms with E-state index in [0.29, 0.717) is 6.42 Å². The summed E-state index contributed by atoms with van der Waals surface area (Å²) < 4.78 is 16.0. The SMILES string of the molecule is C=C(C)C(=O)OC1C2CC(=O)OC1C(C(=O)OC(C)(C)C)C2. The van der Waals surface area contributed by atoms with E-state index < -0.39 is 35.7 Å². The fourth-order valence-corrected chi connectivity index (χ4v) is 2.85. The highest BCUT2D eigenvalue weighted by Gasteiger charge is 2.55. The zero-order chi connectivity index (χ0) is 16.7. The van der Waals surface area contributed by atoms with E-state index in [2.05, 4.69) is 6.58 Å². The molecule has 0 aromatic heterocycles. The van der Waals surface area contributed by atoms with Crippen LogP contribution in [-0.4, -0.2) is 35.7 Å². The van der Waals surface area contributed by atoms with Gasteiger partial charge in [0.2, 0.25) is 0 Å². The van der Waals surface area contributed by atoms with Gasteiger partial charge < -0.3 is 14.2 Å². The van der Waals surface area contributed by atoms with E-state index in [0.717, 1.165) is 0 Å². The number of carbonyl (C=O) groups excluding carboxylic acids is 3. The zero-order valence-electron chi connectivity index (χ0n) is 13.4.